The van der Waals surface area contributed by atoms with Crippen molar-refractivity contribution in [2.45, 2.75) is 19.3 Å². The molecule has 0 fully saturated rings. The second-order valence-electron chi connectivity index (χ2n) is 2.90. The van der Waals surface area contributed by atoms with E-state index >= 15 is 0 Å². The fourth-order valence-corrected chi connectivity index (χ4v) is 1.85. The zero-order valence-electron chi connectivity index (χ0n) is 7.64. The van der Waals surface area contributed by atoms with Gasteiger partial charge in [0.15, 0.2) is 0 Å². The molecule has 0 aliphatic carbocycles. The van der Waals surface area contributed by atoms with Gasteiger partial charge >= 0.3 is 0 Å². The zero-order chi connectivity index (χ0) is 9.97. The molecule has 0 aliphatic rings. The normalized spacial score (nSPS) is 10.7. The van der Waals surface area contributed by atoms with Crippen molar-refractivity contribution in [1.29, 1.82) is 0 Å². The van der Waals surface area contributed by atoms with E-state index < -0.39 is 0 Å². The van der Waals surface area contributed by atoms with E-state index in [0.29, 0.717) is 12.4 Å². The molecule has 0 radical (unpaired) electrons. The SMILES string of the molecule is Cc1nc(Cn2cc(CCl)nn2)cs1. The van der Waals surface area contributed by atoms with Gasteiger partial charge in [0.1, 0.15) is 0 Å². The summed E-state index contributed by atoms with van der Waals surface area (Å²) in [6, 6.07) is 0. The van der Waals surface area contributed by atoms with Gasteiger partial charge in [-0.25, -0.2) is 9.67 Å². The average molecular weight is 229 g/mol. The van der Waals surface area contributed by atoms with Gasteiger partial charge in [-0.05, 0) is 6.92 Å². The van der Waals surface area contributed by atoms with Crippen molar-refractivity contribution in [1.82, 2.24) is 20.0 Å². The van der Waals surface area contributed by atoms with Crippen molar-refractivity contribution in [2.24, 2.45) is 0 Å². The molecule has 14 heavy (non-hydrogen) atoms. The summed E-state index contributed by atoms with van der Waals surface area (Å²) >= 11 is 7.26. The summed E-state index contributed by atoms with van der Waals surface area (Å²) in [5.74, 6) is 0.399. The van der Waals surface area contributed by atoms with Gasteiger partial charge in [-0.1, -0.05) is 5.21 Å². The highest BCUT2D eigenvalue weighted by Crippen LogP contribution is 2.09. The van der Waals surface area contributed by atoms with Crippen LogP contribution in [-0.4, -0.2) is 20.0 Å². The molecule has 6 heteroatoms. The van der Waals surface area contributed by atoms with E-state index in [1.807, 2.05) is 18.5 Å². The molecule has 0 aliphatic heterocycles. The highest BCUT2D eigenvalue weighted by Gasteiger charge is 2.02. The minimum absolute atomic E-state index is 0.399. The first-order valence-corrected chi connectivity index (χ1v) is 5.55. The number of alkyl halides is 1. The van der Waals surface area contributed by atoms with Gasteiger partial charge in [0.25, 0.3) is 0 Å². The summed E-state index contributed by atoms with van der Waals surface area (Å²) in [6.07, 6.45) is 1.84. The fraction of sp³-hybridized carbons (Fsp3) is 0.375. The first kappa shape index (κ1) is 9.61. The number of hydrogen-bond acceptors (Lipinski definition) is 4. The van der Waals surface area contributed by atoms with Crippen molar-refractivity contribution in [3.8, 4) is 0 Å². The highest BCUT2D eigenvalue weighted by molar-refractivity contribution is 7.09. The molecular weight excluding hydrogens is 220 g/mol. The predicted molar refractivity (Wildman–Crippen MR) is 55.5 cm³/mol. The first-order chi connectivity index (χ1) is 6.78. The highest BCUT2D eigenvalue weighted by atomic mass is 35.5. The summed E-state index contributed by atoms with van der Waals surface area (Å²) in [4.78, 5) is 4.34. The first-order valence-electron chi connectivity index (χ1n) is 4.14. The Balaban J connectivity index is 2.10. The van der Waals surface area contributed by atoms with Crippen LogP contribution in [0.1, 0.15) is 16.4 Å². The number of halogens is 1. The van der Waals surface area contributed by atoms with Crippen molar-refractivity contribution in [2.75, 3.05) is 0 Å². The van der Waals surface area contributed by atoms with Gasteiger partial charge in [0.2, 0.25) is 0 Å². The van der Waals surface area contributed by atoms with E-state index in [9.17, 15) is 0 Å². The van der Waals surface area contributed by atoms with Crippen molar-refractivity contribution < 1.29 is 0 Å². The third-order valence-corrected chi connectivity index (χ3v) is 2.81. The van der Waals surface area contributed by atoms with Gasteiger partial charge in [-0.2, -0.15) is 0 Å². The zero-order valence-corrected chi connectivity index (χ0v) is 9.22. The molecule has 74 valence electrons. The second kappa shape index (κ2) is 4.06. The standard InChI is InChI=1S/C8H9ClN4S/c1-6-10-8(5-14-6)4-13-3-7(2-9)11-12-13/h3,5H,2,4H2,1H3. The van der Waals surface area contributed by atoms with Crippen LogP contribution in [0, 0.1) is 6.92 Å². The number of rotatable bonds is 3. The quantitative estimate of drug-likeness (QED) is 0.753. The fourth-order valence-electron chi connectivity index (χ4n) is 1.12. The average Bonchev–Trinajstić information content (AvgIpc) is 2.76. The maximum Gasteiger partial charge on any atom is 0.0974 e. The summed E-state index contributed by atoms with van der Waals surface area (Å²) < 4.78 is 1.74. The summed E-state index contributed by atoms with van der Waals surface area (Å²) in [6.45, 7) is 2.65. The van der Waals surface area contributed by atoms with Crippen LogP contribution in [-0.2, 0) is 12.4 Å². The number of nitrogens with zero attached hydrogens (tertiary/aromatic N) is 4. The van der Waals surface area contributed by atoms with E-state index in [0.717, 1.165) is 16.4 Å². The Labute approximate surface area is 90.5 Å². The van der Waals surface area contributed by atoms with Crippen molar-refractivity contribution in [3.63, 3.8) is 0 Å². The minimum atomic E-state index is 0.399. The number of aryl methyl sites for hydroxylation is 1. The molecule has 0 amide bonds. The molecule has 0 atom stereocenters. The number of thiazole rings is 1. The lowest BCUT2D eigenvalue weighted by molar-refractivity contribution is 0.640. The number of hydrogen-bond donors (Lipinski definition) is 0. The third kappa shape index (κ3) is 2.10. The van der Waals surface area contributed by atoms with E-state index in [1.165, 1.54) is 0 Å². The van der Waals surface area contributed by atoms with Crippen LogP contribution in [0.15, 0.2) is 11.6 Å². The predicted octanol–water partition coefficient (Wildman–Crippen LogP) is 1.83. The van der Waals surface area contributed by atoms with Gasteiger partial charge in [0, 0.05) is 5.38 Å². The second-order valence-corrected chi connectivity index (χ2v) is 4.23. The smallest absolute Gasteiger partial charge is 0.0974 e. The van der Waals surface area contributed by atoms with Crippen LogP contribution in [0.2, 0.25) is 0 Å². The number of aromatic nitrogens is 4. The van der Waals surface area contributed by atoms with Crippen LogP contribution < -0.4 is 0 Å². The molecule has 2 aromatic rings. The Kier molecular flexibility index (Phi) is 2.79. The molecular formula is C8H9ClN4S. The Bertz CT molecular complexity index is 422. The van der Waals surface area contributed by atoms with Crippen molar-refractivity contribution in [3.05, 3.63) is 28.0 Å². The van der Waals surface area contributed by atoms with Crippen LogP contribution in [0.4, 0.5) is 0 Å². The van der Waals surface area contributed by atoms with Crippen LogP contribution in [0.5, 0.6) is 0 Å². The van der Waals surface area contributed by atoms with E-state index in [1.54, 1.807) is 16.0 Å². The summed E-state index contributed by atoms with van der Waals surface area (Å²) in [5, 5.41) is 10.9. The largest absolute Gasteiger partial charge is 0.246 e. The molecule has 2 heterocycles. The molecule has 2 aromatic heterocycles. The molecule has 0 spiro atoms. The molecule has 0 unspecified atom stereocenters. The van der Waals surface area contributed by atoms with Gasteiger partial charge in [-0.3, -0.25) is 0 Å². The van der Waals surface area contributed by atoms with Gasteiger partial charge < -0.3 is 0 Å². The molecule has 0 saturated heterocycles. The van der Waals surface area contributed by atoms with E-state index in [4.69, 9.17) is 11.6 Å². The lowest BCUT2D eigenvalue weighted by Gasteiger charge is -1.94. The Morgan fingerprint density at radius 1 is 1.50 bits per heavy atom. The summed E-state index contributed by atoms with van der Waals surface area (Å²) in [7, 11) is 0. The lowest BCUT2D eigenvalue weighted by atomic mass is 10.5. The molecule has 0 saturated carbocycles. The maximum absolute atomic E-state index is 5.62. The molecule has 2 rings (SSSR count). The molecule has 0 N–H and O–H groups in total. The molecule has 0 aromatic carbocycles. The van der Waals surface area contributed by atoms with Crippen LogP contribution in [0.3, 0.4) is 0 Å². The Morgan fingerprint density at radius 3 is 2.93 bits per heavy atom. The van der Waals surface area contributed by atoms with E-state index in [2.05, 4.69) is 15.3 Å². The topological polar surface area (TPSA) is 43.6 Å². The third-order valence-electron chi connectivity index (χ3n) is 1.71. The molecule has 0 bridgehead atoms. The monoisotopic (exact) mass is 228 g/mol. The van der Waals surface area contributed by atoms with Gasteiger partial charge in [0.05, 0.1) is 35.0 Å². The Hall–Kier alpha value is -0.940. The van der Waals surface area contributed by atoms with E-state index in [-0.39, 0.29) is 0 Å². The molecule has 4 nitrogen and oxygen atoms in total. The van der Waals surface area contributed by atoms with Crippen LogP contribution >= 0.6 is 22.9 Å². The maximum atomic E-state index is 5.62. The minimum Gasteiger partial charge on any atom is -0.246 e. The van der Waals surface area contributed by atoms with Crippen molar-refractivity contribution >= 4 is 22.9 Å². The lowest BCUT2D eigenvalue weighted by Crippen LogP contribution is -2.00. The van der Waals surface area contributed by atoms with Crippen LogP contribution in [0.25, 0.3) is 0 Å². The van der Waals surface area contributed by atoms with Gasteiger partial charge in [-0.15, -0.1) is 28.0 Å². The Morgan fingerprint density at radius 2 is 2.36 bits per heavy atom. The summed E-state index contributed by atoms with van der Waals surface area (Å²) in [5.41, 5.74) is 1.80.